The molecule has 0 aromatic carbocycles. The number of hydrogen-bond donors (Lipinski definition) is 2. The van der Waals surface area contributed by atoms with E-state index in [2.05, 4.69) is 25.9 Å². The molecule has 0 bridgehead atoms. The van der Waals surface area contributed by atoms with Crippen molar-refractivity contribution in [1.29, 1.82) is 0 Å². The van der Waals surface area contributed by atoms with Gasteiger partial charge in [-0.3, -0.25) is 9.48 Å². The molecule has 20 heavy (non-hydrogen) atoms. The van der Waals surface area contributed by atoms with E-state index in [4.69, 9.17) is 0 Å². The highest BCUT2D eigenvalue weighted by molar-refractivity contribution is 5.95. The summed E-state index contributed by atoms with van der Waals surface area (Å²) in [6, 6.07) is 1.35. The van der Waals surface area contributed by atoms with E-state index in [9.17, 15) is 9.18 Å². The Kier molecular flexibility index (Phi) is 4.59. The zero-order chi connectivity index (χ0) is 14.4. The highest BCUT2D eigenvalue weighted by atomic mass is 19.1. The second kappa shape index (κ2) is 6.60. The van der Waals surface area contributed by atoms with Crippen LogP contribution in [0, 0.1) is 5.82 Å². The normalized spacial score (nSPS) is 10.3. The summed E-state index contributed by atoms with van der Waals surface area (Å²) in [6.45, 7) is 1.07. The predicted molar refractivity (Wildman–Crippen MR) is 70.7 cm³/mol. The Bertz CT molecular complexity index is 571. The van der Waals surface area contributed by atoms with Gasteiger partial charge in [-0.05, 0) is 12.5 Å². The number of halogens is 1. The van der Waals surface area contributed by atoms with Gasteiger partial charge >= 0.3 is 0 Å². The summed E-state index contributed by atoms with van der Waals surface area (Å²) in [5.74, 6) is -1.05. The van der Waals surface area contributed by atoms with Crippen molar-refractivity contribution in [2.75, 3.05) is 18.9 Å². The molecule has 2 N–H and O–H groups in total. The van der Waals surface area contributed by atoms with Crippen LogP contribution in [0.3, 0.4) is 0 Å². The van der Waals surface area contributed by atoms with Crippen molar-refractivity contribution in [3.05, 3.63) is 36.0 Å². The molecule has 0 radical (unpaired) electrons. The molecule has 2 heterocycles. The van der Waals surface area contributed by atoms with Crippen LogP contribution in [0.2, 0.25) is 0 Å². The van der Waals surface area contributed by atoms with Gasteiger partial charge in [0.15, 0.2) is 11.6 Å². The molecule has 2 aromatic rings. The Morgan fingerprint density at radius 1 is 1.45 bits per heavy atom. The van der Waals surface area contributed by atoms with E-state index >= 15 is 0 Å². The van der Waals surface area contributed by atoms with Gasteiger partial charge in [-0.2, -0.15) is 0 Å². The summed E-state index contributed by atoms with van der Waals surface area (Å²) >= 11 is 0. The molecular weight excluding hydrogens is 263 g/mol. The molecule has 0 aliphatic carbocycles. The monoisotopic (exact) mass is 278 g/mol. The molecule has 8 heteroatoms. The number of nitrogens with zero attached hydrogens (tertiary/aromatic N) is 4. The molecule has 0 spiro atoms. The van der Waals surface area contributed by atoms with Crippen molar-refractivity contribution in [1.82, 2.24) is 25.3 Å². The van der Waals surface area contributed by atoms with Crippen LogP contribution in [0.4, 0.5) is 10.2 Å². The Labute approximate surface area is 115 Å². The first-order valence-electron chi connectivity index (χ1n) is 6.17. The molecule has 0 aliphatic rings. The van der Waals surface area contributed by atoms with Gasteiger partial charge in [0.25, 0.3) is 5.91 Å². The van der Waals surface area contributed by atoms with Crippen molar-refractivity contribution in [2.45, 2.75) is 13.0 Å². The van der Waals surface area contributed by atoms with Crippen LogP contribution in [0.25, 0.3) is 0 Å². The SMILES string of the molecule is CNc1nccc(C(=O)NCCCn2ccnn2)c1F. The molecule has 0 aliphatic heterocycles. The van der Waals surface area contributed by atoms with Crippen molar-refractivity contribution in [2.24, 2.45) is 0 Å². The quantitative estimate of drug-likeness (QED) is 0.759. The summed E-state index contributed by atoms with van der Waals surface area (Å²) in [4.78, 5) is 15.6. The van der Waals surface area contributed by atoms with E-state index in [1.54, 1.807) is 24.1 Å². The maximum atomic E-state index is 13.8. The van der Waals surface area contributed by atoms with Crippen LogP contribution in [0.5, 0.6) is 0 Å². The van der Waals surface area contributed by atoms with E-state index in [1.165, 1.54) is 12.3 Å². The number of anilines is 1. The molecule has 0 unspecified atom stereocenters. The fourth-order valence-electron chi connectivity index (χ4n) is 1.68. The van der Waals surface area contributed by atoms with Crippen LogP contribution in [0.15, 0.2) is 24.7 Å². The number of nitrogens with one attached hydrogen (secondary N) is 2. The second-order valence-corrected chi connectivity index (χ2v) is 4.05. The minimum absolute atomic E-state index is 0.0231. The summed E-state index contributed by atoms with van der Waals surface area (Å²) in [6.07, 6.45) is 5.40. The second-order valence-electron chi connectivity index (χ2n) is 4.05. The number of aryl methyl sites for hydroxylation is 1. The Morgan fingerprint density at radius 2 is 2.30 bits per heavy atom. The maximum Gasteiger partial charge on any atom is 0.254 e. The first-order chi connectivity index (χ1) is 9.72. The smallest absolute Gasteiger partial charge is 0.254 e. The summed E-state index contributed by atoms with van der Waals surface area (Å²) in [5.41, 5.74) is -0.0231. The lowest BCUT2D eigenvalue weighted by molar-refractivity contribution is 0.0948. The largest absolute Gasteiger partial charge is 0.371 e. The molecule has 106 valence electrons. The number of carbonyl (C=O) groups excluding carboxylic acids is 1. The van der Waals surface area contributed by atoms with Crippen molar-refractivity contribution in [3.63, 3.8) is 0 Å². The van der Waals surface area contributed by atoms with Gasteiger partial charge in [-0.1, -0.05) is 5.21 Å². The van der Waals surface area contributed by atoms with Gasteiger partial charge in [0, 0.05) is 32.5 Å². The highest BCUT2D eigenvalue weighted by Gasteiger charge is 2.14. The molecule has 0 atom stereocenters. The average molecular weight is 278 g/mol. The molecule has 2 aromatic heterocycles. The van der Waals surface area contributed by atoms with Gasteiger partial charge in [0.2, 0.25) is 0 Å². The standard InChI is InChI=1S/C12H15FN6O/c1-14-11-10(13)9(3-5-15-11)12(20)16-4-2-7-19-8-6-17-18-19/h3,5-6,8H,2,4,7H2,1H3,(H,14,15)(H,16,20). The third-order valence-electron chi connectivity index (χ3n) is 2.69. The molecule has 1 amide bonds. The van der Waals surface area contributed by atoms with E-state index in [1.807, 2.05) is 0 Å². The van der Waals surface area contributed by atoms with Crippen molar-refractivity contribution >= 4 is 11.7 Å². The van der Waals surface area contributed by atoms with Crippen LogP contribution in [0.1, 0.15) is 16.8 Å². The fraction of sp³-hybridized carbons (Fsp3) is 0.333. The van der Waals surface area contributed by atoms with Crippen LogP contribution in [-0.2, 0) is 6.54 Å². The van der Waals surface area contributed by atoms with E-state index in [0.29, 0.717) is 19.5 Å². The van der Waals surface area contributed by atoms with Gasteiger partial charge in [0.05, 0.1) is 11.8 Å². The molecule has 0 saturated heterocycles. The Balaban J connectivity index is 1.86. The van der Waals surface area contributed by atoms with Gasteiger partial charge in [-0.15, -0.1) is 5.10 Å². The fourth-order valence-corrected chi connectivity index (χ4v) is 1.68. The number of hydrogen-bond acceptors (Lipinski definition) is 5. The van der Waals surface area contributed by atoms with Crippen LogP contribution < -0.4 is 10.6 Å². The zero-order valence-electron chi connectivity index (χ0n) is 11.0. The third-order valence-corrected chi connectivity index (χ3v) is 2.69. The number of amides is 1. The number of aromatic nitrogens is 4. The van der Waals surface area contributed by atoms with E-state index < -0.39 is 11.7 Å². The maximum absolute atomic E-state index is 13.8. The van der Waals surface area contributed by atoms with Gasteiger partial charge in [0.1, 0.15) is 0 Å². The lowest BCUT2D eigenvalue weighted by Gasteiger charge is -2.08. The van der Waals surface area contributed by atoms with Crippen LogP contribution >= 0.6 is 0 Å². The average Bonchev–Trinajstić information content (AvgIpc) is 2.97. The summed E-state index contributed by atoms with van der Waals surface area (Å²) < 4.78 is 15.5. The summed E-state index contributed by atoms with van der Waals surface area (Å²) in [5, 5.41) is 12.7. The molecule has 0 fully saturated rings. The topological polar surface area (TPSA) is 84.7 Å². The molecular formula is C12H15FN6O. The lowest BCUT2D eigenvalue weighted by Crippen LogP contribution is -2.26. The molecule has 7 nitrogen and oxygen atoms in total. The van der Waals surface area contributed by atoms with Crippen LogP contribution in [-0.4, -0.2) is 39.5 Å². The van der Waals surface area contributed by atoms with Crippen molar-refractivity contribution in [3.8, 4) is 0 Å². The van der Waals surface area contributed by atoms with Gasteiger partial charge < -0.3 is 10.6 Å². The first-order valence-corrected chi connectivity index (χ1v) is 6.17. The Hall–Kier alpha value is -2.51. The molecule has 0 saturated carbocycles. The number of carbonyl (C=O) groups is 1. The lowest BCUT2D eigenvalue weighted by atomic mass is 10.2. The summed E-state index contributed by atoms with van der Waals surface area (Å²) in [7, 11) is 1.55. The first kappa shape index (κ1) is 13.9. The van der Waals surface area contributed by atoms with E-state index in [-0.39, 0.29) is 11.4 Å². The highest BCUT2D eigenvalue weighted by Crippen LogP contribution is 2.14. The number of rotatable bonds is 6. The number of pyridine rings is 1. The minimum atomic E-state index is -0.649. The van der Waals surface area contributed by atoms with E-state index in [0.717, 1.165) is 0 Å². The predicted octanol–water partition coefficient (Wildman–Crippen LogP) is 0.674. The van der Waals surface area contributed by atoms with Gasteiger partial charge in [-0.25, -0.2) is 9.37 Å². The van der Waals surface area contributed by atoms with Crippen molar-refractivity contribution < 1.29 is 9.18 Å². The zero-order valence-corrected chi connectivity index (χ0v) is 11.0. The molecule has 2 rings (SSSR count). The third kappa shape index (κ3) is 3.28. The minimum Gasteiger partial charge on any atom is -0.371 e. The Morgan fingerprint density at radius 3 is 3.00 bits per heavy atom.